The van der Waals surface area contributed by atoms with Gasteiger partial charge in [0.1, 0.15) is 0 Å². The first kappa shape index (κ1) is 19.3. The van der Waals surface area contributed by atoms with Crippen molar-refractivity contribution >= 4 is 44.6 Å². The van der Waals surface area contributed by atoms with Crippen LogP contribution in [0.2, 0.25) is 0 Å². The van der Waals surface area contributed by atoms with Crippen LogP contribution in [0.25, 0.3) is 0 Å². The molecule has 5 nitrogen and oxygen atoms in total. The molecular weight excluding hydrogens is 444 g/mol. The highest BCUT2D eigenvalue weighted by Gasteiger charge is 2.40. The fourth-order valence-electron chi connectivity index (χ4n) is 3.73. The summed E-state index contributed by atoms with van der Waals surface area (Å²) in [6.07, 6.45) is 2.93. The van der Waals surface area contributed by atoms with Crippen LogP contribution in [0.15, 0.2) is 40.3 Å². The molecule has 0 amide bonds. The maximum atomic E-state index is 5.72. The van der Waals surface area contributed by atoms with Gasteiger partial charge in [0, 0.05) is 47.1 Å². The molecule has 2 atom stereocenters. The van der Waals surface area contributed by atoms with Gasteiger partial charge in [-0.05, 0) is 52.8 Å². The summed E-state index contributed by atoms with van der Waals surface area (Å²) in [7, 11) is 0. The number of thiocarbonyl (C=S) groups is 1. The maximum absolute atomic E-state index is 5.72. The van der Waals surface area contributed by atoms with Crippen molar-refractivity contribution in [2.75, 3.05) is 39.4 Å². The average molecular weight is 467 g/mol. The van der Waals surface area contributed by atoms with Crippen molar-refractivity contribution in [2.24, 2.45) is 0 Å². The van der Waals surface area contributed by atoms with E-state index in [4.69, 9.17) is 17.0 Å². The van der Waals surface area contributed by atoms with Gasteiger partial charge in [0.05, 0.1) is 31.0 Å². The van der Waals surface area contributed by atoms with Crippen LogP contribution in [0.5, 0.6) is 0 Å². The molecule has 2 aromatic heterocycles. The van der Waals surface area contributed by atoms with Gasteiger partial charge in [-0.3, -0.25) is 9.88 Å². The molecule has 2 aliphatic rings. The Morgan fingerprint density at radius 3 is 2.85 bits per heavy atom. The summed E-state index contributed by atoms with van der Waals surface area (Å²) in [4.78, 5) is 10.7. The molecule has 144 valence electrons. The molecule has 2 fully saturated rings. The summed E-state index contributed by atoms with van der Waals surface area (Å²) >= 11 is 11.1. The molecule has 0 saturated carbocycles. The van der Waals surface area contributed by atoms with Crippen molar-refractivity contribution in [1.82, 2.24) is 20.1 Å². The molecule has 4 heterocycles. The van der Waals surface area contributed by atoms with E-state index in [0.29, 0.717) is 0 Å². The van der Waals surface area contributed by atoms with Gasteiger partial charge < -0.3 is 15.0 Å². The van der Waals surface area contributed by atoms with Crippen LogP contribution in [0, 0.1) is 0 Å². The number of halogens is 1. The fraction of sp³-hybridized carbons (Fsp3) is 0.474. The number of ether oxygens (including phenoxy) is 1. The minimum absolute atomic E-state index is 0.0765. The Balaban J connectivity index is 1.50. The van der Waals surface area contributed by atoms with Crippen molar-refractivity contribution in [3.05, 3.63) is 50.9 Å². The Hall–Kier alpha value is -1.06. The van der Waals surface area contributed by atoms with Crippen LogP contribution in [0.3, 0.4) is 0 Å². The van der Waals surface area contributed by atoms with E-state index >= 15 is 0 Å². The summed E-state index contributed by atoms with van der Waals surface area (Å²) in [6.45, 7) is 5.76. The Morgan fingerprint density at radius 1 is 1.30 bits per heavy atom. The third-order valence-electron chi connectivity index (χ3n) is 5.05. The van der Waals surface area contributed by atoms with E-state index in [2.05, 4.69) is 53.5 Å². The molecule has 0 spiro atoms. The zero-order valence-electron chi connectivity index (χ0n) is 15.0. The van der Waals surface area contributed by atoms with Crippen LogP contribution < -0.4 is 5.32 Å². The molecule has 2 aliphatic heterocycles. The molecule has 27 heavy (non-hydrogen) atoms. The van der Waals surface area contributed by atoms with E-state index < -0.39 is 0 Å². The Kier molecular flexibility index (Phi) is 6.39. The van der Waals surface area contributed by atoms with Crippen molar-refractivity contribution in [3.8, 4) is 0 Å². The minimum atomic E-state index is 0.0765. The van der Waals surface area contributed by atoms with E-state index in [0.717, 1.165) is 61.1 Å². The lowest BCUT2D eigenvalue weighted by atomic mass is 10.0. The van der Waals surface area contributed by atoms with E-state index in [1.54, 1.807) is 11.3 Å². The van der Waals surface area contributed by atoms with Crippen LogP contribution in [0.4, 0.5) is 0 Å². The number of aromatic nitrogens is 1. The fourth-order valence-corrected chi connectivity index (χ4v) is 5.65. The van der Waals surface area contributed by atoms with Crippen molar-refractivity contribution < 1.29 is 4.74 Å². The van der Waals surface area contributed by atoms with Crippen molar-refractivity contribution in [1.29, 1.82) is 0 Å². The molecule has 0 radical (unpaired) electrons. The van der Waals surface area contributed by atoms with E-state index in [1.807, 2.05) is 18.3 Å². The smallest absolute Gasteiger partial charge is 0.170 e. The first-order valence-electron chi connectivity index (χ1n) is 9.24. The van der Waals surface area contributed by atoms with Crippen molar-refractivity contribution in [2.45, 2.75) is 18.5 Å². The number of nitrogens with zero attached hydrogens (tertiary/aromatic N) is 3. The molecule has 0 bridgehead atoms. The topological polar surface area (TPSA) is 40.6 Å². The van der Waals surface area contributed by atoms with Gasteiger partial charge in [-0.25, -0.2) is 0 Å². The second kappa shape index (κ2) is 8.96. The Labute approximate surface area is 177 Å². The maximum Gasteiger partial charge on any atom is 0.170 e. The molecule has 2 aromatic rings. The van der Waals surface area contributed by atoms with E-state index in [1.165, 1.54) is 4.88 Å². The van der Waals surface area contributed by atoms with Gasteiger partial charge in [-0.2, -0.15) is 0 Å². The van der Waals surface area contributed by atoms with Gasteiger partial charge in [-0.15, -0.1) is 11.3 Å². The Bertz CT molecular complexity index is 766. The summed E-state index contributed by atoms with van der Waals surface area (Å²) in [6, 6.07) is 8.52. The molecule has 4 rings (SSSR count). The first-order chi connectivity index (χ1) is 13.2. The van der Waals surface area contributed by atoms with E-state index in [-0.39, 0.29) is 12.1 Å². The van der Waals surface area contributed by atoms with Gasteiger partial charge in [0.15, 0.2) is 5.11 Å². The number of hydrogen-bond donors (Lipinski definition) is 1. The number of morpholine rings is 1. The highest BCUT2D eigenvalue weighted by molar-refractivity contribution is 9.10. The van der Waals surface area contributed by atoms with Gasteiger partial charge in [-0.1, -0.05) is 6.07 Å². The Morgan fingerprint density at radius 2 is 2.15 bits per heavy atom. The average Bonchev–Trinajstić information content (AvgIpc) is 3.27. The SMILES string of the molecule is S=C1N[C@H](c2ccccn2)[C@H](c2cc(Br)cs2)N1CCCN1CCOCC1. The first-order valence-corrected chi connectivity index (χ1v) is 11.3. The number of pyridine rings is 1. The lowest BCUT2D eigenvalue weighted by Crippen LogP contribution is -2.38. The lowest BCUT2D eigenvalue weighted by Gasteiger charge is -2.30. The molecule has 1 N–H and O–H groups in total. The molecule has 0 aromatic carbocycles. The number of thiophene rings is 1. The summed E-state index contributed by atoms with van der Waals surface area (Å²) < 4.78 is 6.56. The van der Waals surface area contributed by atoms with E-state index in [9.17, 15) is 0 Å². The monoisotopic (exact) mass is 466 g/mol. The zero-order valence-corrected chi connectivity index (χ0v) is 18.2. The summed E-state index contributed by atoms with van der Waals surface area (Å²) in [5.41, 5.74) is 1.03. The predicted molar refractivity (Wildman–Crippen MR) is 116 cm³/mol. The second-order valence-corrected chi connectivity index (χ2v) is 9.04. The quantitative estimate of drug-likeness (QED) is 0.655. The van der Waals surface area contributed by atoms with Crippen LogP contribution in [-0.4, -0.2) is 59.3 Å². The zero-order chi connectivity index (χ0) is 18.6. The highest BCUT2D eigenvalue weighted by Crippen LogP contribution is 2.41. The predicted octanol–water partition coefficient (Wildman–Crippen LogP) is 3.60. The highest BCUT2D eigenvalue weighted by atomic mass is 79.9. The summed E-state index contributed by atoms with van der Waals surface area (Å²) in [5.74, 6) is 0. The third-order valence-corrected chi connectivity index (χ3v) is 7.17. The van der Waals surface area contributed by atoms with Gasteiger partial charge >= 0.3 is 0 Å². The van der Waals surface area contributed by atoms with Gasteiger partial charge in [0.2, 0.25) is 0 Å². The largest absolute Gasteiger partial charge is 0.379 e. The summed E-state index contributed by atoms with van der Waals surface area (Å²) in [5, 5.41) is 6.48. The second-order valence-electron chi connectivity index (χ2n) is 6.79. The lowest BCUT2D eigenvalue weighted by molar-refractivity contribution is 0.0366. The molecular formula is C19H23BrN4OS2. The normalized spacial score (nSPS) is 23.6. The van der Waals surface area contributed by atoms with Crippen LogP contribution in [-0.2, 0) is 4.74 Å². The third kappa shape index (κ3) is 4.51. The van der Waals surface area contributed by atoms with Crippen molar-refractivity contribution in [3.63, 3.8) is 0 Å². The number of nitrogens with one attached hydrogen (secondary N) is 1. The standard InChI is InChI=1S/C19H23BrN4OS2/c20-14-12-16(27-13-14)18-17(15-4-1-2-5-21-15)22-19(26)24(18)7-3-6-23-8-10-25-11-9-23/h1-2,4-5,12-13,17-18H,3,6-11H2,(H,22,26)/t17-,18+/m1/s1. The molecule has 0 aliphatic carbocycles. The molecule has 0 unspecified atom stereocenters. The minimum Gasteiger partial charge on any atom is -0.379 e. The number of rotatable bonds is 6. The van der Waals surface area contributed by atoms with Crippen LogP contribution in [0.1, 0.15) is 29.1 Å². The van der Waals surface area contributed by atoms with Gasteiger partial charge in [0.25, 0.3) is 0 Å². The molecule has 2 saturated heterocycles. The molecule has 8 heteroatoms. The number of hydrogen-bond acceptors (Lipinski definition) is 5. The van der Waals surface area contributed by atoms with Crippen LogP contribution >= 0.6 is 39.5 Å².